The second-order valence-electron chi connectivity index (χ2n) is 5.50. The minimum atomic E-state index is -0.580. The molecule has 20 heavy (non-hydrogen) atoms. The number of nitrogens with one attached hydrogen (secondary N) is 1. The zero-order valence-corrected chi connectivity index (χ0v) is 13.1. The summed E-state index contributed by atoms with van der Waals surface area (Å²) in [7, 11) is 0. The van der Waals surface area contributed by atoms with Crippen LogP contribution in [0.4, 0.5) is 0 Å². The number of para-hydroxylation sites is 1. The molecule has 2 atom stereocenters. The van der Waals surface area contributed by atoms with Crippen LogP contribution in [-0.4, -0.2) is 30.4 Å². The fourth-order valence-electron chi connectivity index (χ4n) is 2.13. The standard InChI is InChI=1S/C15H21Cl2NO2/c1-10(7-11-5-6-11)18-8-12(19)9-20-15-13(16)3-2-4-14(15)17/h2-4,10-12,18-19H,5-9H2,1H3. The summed E-state index contributed by atoms with van der Waals surface area (Å²) in [5, 5.41) is 14.2. The van der Waals surface area contributed by atoms with E-state index in [1.54, 1.807) is 18.2 Å². The Bertz CT molecular complexity index is 418. The SMILES string of the molecule is CC(CC1CC1)NCC(O)COc1c(Cl)cccc1Cl. The molecule has 0 spiro atoms. The molecule has 0 aromatic heterocycles. The molecule has 0 radical (unpaired) electrons. The predicted molar refractivity (Wildman–Crippen MR) is 82.8 cm³/mol. The molecule has 1 saturated carbocycles. The number of hydrogen-bond acceptors (Lipinski definition) is 3. The molecular formula is C15H21Cl2NO2. The average Bonchev–Trinajstić information content (AvgIpc) is 3.19. The number of hydrogen-bond donors (Lipinski definition) is 2. The molecule has 1 aromatic rings. The van der Waals surface area contributed by atoms with E-state index >= 15 is 0 Å². The van der Waals surface area contributed by atoms with E-state index in [0.29, 0.717) is 28.4 Å². The van der Waals surface area contributed by atoms with Gasteiger partial charge < -0.3 is 15.2 Å². The predicted octanol–water partition coefficient (Wildman–Crippen LogP) is 3.51. The molecule has 1 aromatic carbocycles. The molecule has 0 aliphatic heterocycles. The van der Waals surface area contributed by atoms with Gasteiger partial charge in [-0.2, -0.15) is 0 Å². The van der Waals surface area contributed by atoms with Gasteiger partial charge in [-0.25, -0.2) is 0 Å². The summed E-state index contributed by atoms with van der Waals surface area (Å²) in [6.07, 6.45) is 3.30. The van der Waals surface area contributed by atoms with Gasteiger partial charge in [-0.15, -0.1) is 0 Å². The van der Waals surface area contributed by atoms with Crippen molar-refractivity contribution in [3.05, 3.63) is 28.2 Å². The monoisotopic (exact) mass is 317 g/mol. The Labute approximate surface area is 130 Å². The van der Waals surface area contributed by atoms with Crippen molar-refractivity contribution in [2.24, 2.45) is 5.92 Å². The van der Waals surface area contributed by atoms with Crippen LogP contribution in [0.1, 0.15) is 26.2 Å². The van der Waals surface area contributed by atoms with Crippen molar-refractivity contribution in [3.8, 4) is 5.75 Å². The van der Waals surface area contributed by atoms with Crippen LogP contribution in [0.25, 0.3) is 0 Å². The van der Waals surface area contributed by atoms with E-state index in [4.69, 9.17) is 27.9 Å². The Hall–Kier alpha value is -0.480. The van der Waals surface area contributed by atoms with Crippen molar-refractivity contribution in [2.45, 2.75) is 38.3 Å². The number of aliphatic hydroxyl groups excluding tert-OH is 1. The minimum Gasteiger partial charge on any atom is -0.488 e. The summed E-state index contributed by atoms with van der Waals surface area (Å²) in [6.45, 7) is 2.83. The lowest BCUT2D eigenvalue weighted by Crippen LogP contribution is -2.36. The summed E-state index contributed by atoms with van der Waals surface area (Å²) < 4.78 is 5.50. The average molecular weight is 318 g/mol. The Morgan fingerprint density at radius 1 is 1.35 bits per heavy atom. The van der Waals surface area contributed by atoms with Crippen molar-refractivity contribution in [1.82, 2.24) is 5.32 Å². The van der Waals surface area contributed by atoms with E-state index in [2.05, 4.69) is 12.2 Å². The molecule has 1 aliphatic rings. The van der Waals surface area contributed by atoms with Crippen molar-refractivity contribution in [1.29, 1.82) is 0 Å². The highest BCUT2D eigenvalue weighted by atomic mass is 35.5. The Morgan fingerprint density at radius 2 is 2.00 bits per heavy atom. The second kappa shape index (κ2) is 7.51. The smallest absolute Gasteiger partial charge is 0.156 e. The van der Waals surface area contributed by atoms with Gasteiger partial charge in [-0.05, 0) is 31.4 Å². The lowest BCUT2D eigenvalue weighted by Gasteiger charge is -2.18. The molecule has 2 rings (SSSR count). The molecule has 0 heterocycles. The van der Waals surface area contributed by atoms with Crippen LogP contribution in [-0.2, 0) is 0 Å². The van der Waals surface area contributed by atoms with Gasteiger partial charge >= 0.3 is 0 Å². The van der Waals surface area contributed by atoms with Crippen molar-refractivity contribution < 1.29 is 9.84 Å². The third-order valence-electron chi connectivity index (χ3n) is 3.42. The molecule has 0 saturated heterocycles. The summed E-state index contributed by atoms with van der Waals surface area (Å²) in [5.41, 5.74) is 0. The van der Waals surface area contributed by atoms with Gasteiger partial charge in [0.25, 0.3) is 0 Å². The Balaban J connectivity index is 1.70. The van der Waals surface area contributed by atoms with Crippen molar-refractivity contribution in [2.75, 3.05) is 13.2 Å². The first-order valence-electron chi connectivity index (χ1n) is 7.04. The van der Waals surface area contributed by atoms with Crippen molar-refractivity contribution in [3.63, 3.8) is 0 Å². The molecular weight excluding hydrogens is 297 g/mol. The fraction of sp³-hybridized carbons (Fsp3) is 0.600. The highest BCUT2D eigenvalue weighted by Crippen LogP contribution is 2.33. The normalized spacial score (nSPS) is 17.8. The molecule has 1 aliphatic carbocycles. The molecule has 0 amide bonds. The van der Waals surface area contributed by atoms with Crippen molar-refractivity contribution >= 4 is 23.2 Å². The number of rotatable bonds is 8. The van der Waals surface area contributed by atoms with E-state index in [-0.39, 0.29) is 6.61 Å². The Morgan fingerprint density at radius 3 is 2.60 bits per heavy atom. The molecule has 1 fully saturated rings. The van der Waals surface area contributed by atoms with Gasteiger partial charge in [0.15, 0.2) is 5.75 Å². The Kier molecular flexibility index (Phi) is 5.97. The highest BCUT2D eigenvalue weighted by Gasteiger charge is 2.23. The van der Waals surface area contributed by atoms with E-state index in [9.17, 15) is 5.11 Å². The van der Waals surface area contributed by atoms with Crippen LogP contribution < -0.4 is 10.1 Å². The van der Waals surface area contributed by atoms with E-state index in [0.717, 1.165) is 5.92 Å². The third-order valence-corrected chi connectivity index (χ3v) is 4.02. The second-order valence-corrected chi connectivity index (χ2v) is 6.32. The maximum absolute atomic E-state index is 9.92. The lowest BCUT2D eigenvalue weighted by atomic mass is 10.1. The number of ether oxygens (including phenoxy) is 1. The zero-order valence-electron chi connectivity index (χ0n) is 11.6. The number of benzene rings is 1. The number of aliphatic hydroxyl groups is 1. The van der Waals surface area contributed by atoms with Crippen LogP contribution in [0.5, 0.6) is 5.75 Å². The quantitative estimate of drug-likeness (QED) is 0.771. The summed E-state index contributed by atoms with van der Waals surface area (Å²) in [4.78, 5) is 0. The van der Waals surface area contributed by atoms with Crippen LogP contribution >= 0.6 is 23.2 Å². The maximum Gasteiger partial charge on any atom is 0.156 e. The van der Waals surface area contributed by atoms with Gasteiger partial charge in [0.05, 0.1) is 10.0 Å². The molecule has 5 heteroatoms. The van der Waals surface area contributed by atoms with Crippen LogP contribution in [0.3, 0.4) is 0 Å². The summed E-state index contributed by atoms with van der Waals surface area (Å²) >= 11 is 12.0. The lowest BCUT2D eigenvalue weighted by molar-refractivity contribution is 0.104. The van der Waals surface area contributed by atoms with Gasteiger partial charge in [0.1, 0.15) is 12.7 Å². The molecule has 112 valence electrons. The van der Waals surface area contributed by atoms with Gasteiger partial charge in [-0.1, -0.05) is 42.1 Å². The third kappa shape index (κ3) is 5.13. The molecule has 3 nitrogen and oxygen atoms in total. The highest BCUT2D eigenvalue weighted by molar-refractivity contribution is 6.37. The van der Waals surface area contributed by atoms with E-state index in [1.165, 1.54) is 19.3 Å². The minimum absolute atomic E-state index is 0.173. The molecule has 0 bridgehead atoms. The van der Waals surface area contributed by atoms with Gasteiger partial charge in [-0.3, -0.25) is 0 Å². The summed E-state index contributed by atoms with van der Waals surface area (Å²) in [6, 6.07) is 5.62. The van der Waals surface area contributed by atoms with Gasteiger partial charge in [0.2, 0.25) is 0 Å². The summed E-state index contributed by atoms with van der Waals surface area (Å²) in [5.74, 6) is 1.31. The topological polar surface area (TPSA) is 41.5 Å². The van der Waals surface area contributed by atoms with E-state index < -0.39 is 6.10 Å². The van der Waals surface area contributed by atoms with E-state index in [1.807, 2.05) is 0 Å². The fourth-order valence-corrected chi connectivity index (χ4v) is 2.64. The van der Waals surface area contributed by atoms with Crippen LogP contribution in [0, 0.1) is 5.92 Å². The molecule has 2 unspecified atom stereocenters. The maximum atomic E-state index is 9.92. The van der Waals surface area contributed by atoms with Crippen LogP contribution in [0.2, 0.25) is 10.0 Å². The first kappa shape index (κ1) is 15.9. The van der Waals surface area contributed by atoms with Gasteiger partial charge in [0, 0.05) is 12.6 Å². The zero-order chi connectivity index (χ0) is 14.5. The first-order chi connectivity index (χ1) is 9.56. The largest absolute Gasteiger partial charge is 0.488 e. The first-order valence-corrected chi connectivity index (χ1v) is 7.80. The number of halogens is 2. The molecule has 2 N–H and O–H groups in total. The van der Waals surface area contributed by atoms with Crippen LogP contribution in [0.15, 0.2) is 18.2 Å².